The number of cyclic esters (lactones) is 1. The van der Waals surface area contributed by atoms with Crippen LogP contribution in [-0.4, -0.2) is 31.3 Å². The van der Waals surface area contributed by atoms with Gasteiger partial charge in [-0.25, -0.2) is 9.59 Å². The van der Waals surface area contributed by atoms with Crippen LogP contribution in [0.15, 0.2) is 36.4 Å². The summed E-state index contributed by atoms with van der Waals surface area (Å²) in [4.78, 5) is 24.0. The molecule has 0 N–H and O–H groups in total. The van der Waals surface area contributed by atoms with E-state index in [2.05, 4.69) is 0 Å². The quantitative estimate of drug-likeness (QED) is 0.816. The predicted molar refractivity (Wildman–Crippen MR) is 79.9 cm³/mol. The average Bonchev–Trinajstić information content (AvgIpc) is 2.83. The molecule has 1 aliphatic heterocycles. The molecule has 2 unspecified atom stereocenters. The zero-order chi connectivity index (χ0) is 15.7. The van der Waals surface area contributed by atoms with E-state index in [4.69, 9.17) is 14.2 Å². The molecule has 2 aromatic rings. The lowest BCUT2D eigenvalue weighted by Crippen LogP contribution is -2.23. The second-order valence-electron chi connectivity index (χ2n) is 5.28. The summed E-state index contributed by atoms with van der Waals surface area (Å²) in [5.74, 6) is -0.664. The van der Waals surface area contributed by atoms with Crippen molar-refractivity contribution in [3.05, 3.63) is 42.0 Å². The van der Waals surface area contributed by atoms with Crippen LogP contribution >= 0.6 is 0 Å². The van der Waals surface area contributed by atoms with Gasteiger partial charge >= 0.3 is 11.9 Å². The number of hydrogen-bond acceptors (Lipinski definition) is 5. The van der Waals surface area contributed by atoms with Crippen molar-refractivity contribution in [3.8, 4) is 5.75 Å². The minimum absolute atomic E-state index is 0.233. The zero-order valence-electron chi connectivity index (χ0n) is 12.4. The van der Waals surface area contributed by atoms with Gasteiger partial charge in [-0.3, -0.25) is 0 Å². The highest BCUT2D eigenvalue weighted by Gasteiger charge is 2.35. The number of hydrogen-bond donors (Lipinski definition) is 0. The number of methoxy groups -OCH3 is 1. The van der Waals surface area contributed by atoms with Crippen molar-refractivity contribution in [3.63, 3.8) is 0 Å². The molecule has 1 aliphatic rings. The molecule has 3 rings (SSSR count). The summed E-state index contributed by atoms with van der Waals surface area (Å²) >= 11 is 0. The first-order valence-electron chi connectivity index (χ1n) is 7.06. The Morgan fingerprint density at radius 1 is 1.23 bits per heavy atom. The maximum atomic E-state index is 12.4. The van der Waals surface area contributed by atoms with Gasteiger partial charge in [0.15, 0.2) is 0 Å². The minimum atomic E-state index is -0.848. The molecule has 0 radical (unpaired) electrons. The lowest BCUT2D eigenvalue weighted by Gasteiger charge is -2.12. The molecular weight excluding hydrogens is 284 g/mol. The molecule has 5 nitrogen and oxygen atoms in total. The van der Waals surface area contributed by atoms with Gasteiger partial charge in [-0.05, 0) is 29.8 Å². The first-order valence-corrected chi connectivity index (χ1v) is 7.06. The predicted octanol–water partition coefficient (Wildman–Crippen LogP) is 2.71. The Balaban J connectivity index is 1.91. The lowest BCUT2D eigenvalue weighted by atomic mass is 10.1. The number of ether oxygens (including phenoxy) is 3. The third-order valence-electron chi connectivity index (χ3n) is 3.66. The maximum Gasteiger partial charge on any atom is 0.347 e. The van der Waals surface area contributed by atoms with Crippen LogP contribution < -0.4 is 4.74 Å². The van der Waals surface area contributed by atoms with Gasteiger partial charge < -0.3 is 14.2 Å². The van der Waals surface area contributed by atoms with Gasteiger partial charge in [-0.15, -0.1) is 0 Å². The molecule has 0 saturated carbocycles. The molecule has 114 valence electrons. The fraction of sp³-hybridized carbons (Fsp3) is 0.294. The van der Waals surface area contributed by atoms with Crippen molar-refractivity contribution in [2.24, 2.45) is 0 Å². The minimum Gasteiger partial charge on any atom is -0.496 e. The van der Waals surface area contributed by atoms with Crippen molar-refractivity contribution >= 4 is 22.7 Å². The van der Waals surface area contributed by atoms with Gasteiger partial charge in [0.2, 0.25) is 6.10 Å². The van der Waals surface area contributed by atoms with Crippen LogP contribution in [0.25, 0.3) is 10.8 Å². The Hall–Kier alpha value is -2.56. The van der Waals surface area contributed by atoms with E-state index in [0.717, 1.165) is 10.8 Å². The van der Waals surface area contributed by atoms with Gasteiger partial charge in [-0.2, -0.15) is 0 Å². The summed E-state index contributed by atoms with van der Waals surface area (Å²) in [6, 6.07) is 11.1. The first-order chi connectivity index (χ1) is 10.6. The molecule has 0 amide bonds. The molecule has 22 heavy (non-hydrogen) atoms. The summed E-state index contributed by atoms with van der Waals surface area (Å²) in [6.45, 7) is 1.77. The van der Waals surface area contributed by atoms with Crippen LogP contribution in [0.2, 0.25) is 0 Å². The number of rotatable bonds is 3. The molecule has 1 fully saturated rings. The van der Waals surface area contributed by atoms with Gasteiger partial charge in [0.1, 0.15) is 17.4 Å². The van der Waals surface area contributed by atoms with E-state index in [1.165, 1.54) is 7.11 Å². The van der Waals surface area contributed by atoms with Crippen molar-refractivity contribution in [2.45, 2.75) is 25.6 Å². The van der Waals surface area contributed by atoms with E-state index < -0.39 is 18.0 Å². The van der Waals surface area contributed by atoms with Crippen LogP contribution in [0.1, 0.15) is 23.7 Å². The number of benzene rings is 2. The first kappa shape index (κ1) is 14.4. The number of carbonyl (C=O) groups is 2. The van der Waals surface area contributed by atoms with Crippen LogP contribution in [0, 0.1) is 0 Å². The maximum absolute atomic E-state index is 12.4. The monoisotopic (exact) mass is 300 g/mol. The molecule has 0 aromatic heterocycles. The van der Waals surface area contributed by atoms with Crippen molar-refractivity contribution in [1.82, 2.24) is 0 Å². The Kier molecular flexibility index (Phi) is 3.71. The van der Waals surface area contributed by atoms with E-state index >= 15 is 0 Å². The standard InChI is InChI=1S/C17H16O5/c1-10-7-15(17(19)21-10)22-16(18)13-8-11-5-3-4-6-12(11)9-14(13)20-2/h3-6,8-10,15H,7H2,1-2H3. The van der Waals surface area contributed by atoms with Crippen LogP contribution in [0.4, 0.5) is 0 Å². The summed E-state index contributed by atoms with van der Waals surface area (Å²) in [7, 11) is 1.49. The summed E-state index contributed by atoms with van der Waals surface area (Å²) in [5.41, 5.74) is 0.300. The SMILES string of the molecule is COc1cc2ccccc2cc1C(=O)OC1CC(C)OC1=O. The Bertz CT molecular complexity index is 737. The van der Waals surface area contributed by atoms with E-state index in [9.17, 15) is 9.59 Å². The van der Waals surface area contributed by atoms with Crippen LogP contribution in [0.5, 0.6) is 5.75 Å². The molecule has 0 bridgehead atoms. The molecule has 0 spiro atoms. The Labute approximate surface area is 127 Å². The molecule has 2 aromatic carbocycles. The van der Waals surface area contributed by atoms with Gasteiger partial charge in [0, 0.05) is 6.42 Å². The second-order valence-corrected chi connectivity index (χ2v) is 5.28. The van der Waals surface area contributed by atoms with Crippen LogP contribution in [0.3, 0.4) is 0 Å². The molecule has 2 atom stereocenters. The highest BCUT2D eigenvalue weighted by Crippen LogP contribution is 2.28. The molecule has 1 saturated heterocycles. The van der Waals surface area contributed by atoms with E-state index in [-0.39, 0.29) is 6.10 Å². The highest BCUT2D eigenvalue weighted by atomic mass is 16.6. The fourth-order valence-electron chi connectivity index (χ4n) is 2.56. The molecular formula is C17H16O5. The topological polar surface area (TPSA) is 61.8 Å². The zero-order valence-corrected chi connectivity index (χ0v) is 12.4. The average molecular weight is 300 g/mol. The smallest absolute Gasteiger partial charge is 0.347 e. The number of carbonyl (C=O) groups excluding carboxylic acids is 2. The van der Waals surface area contributed by atoms with Gasteiger partial charge in [0.25, 0.3) is 0 Å². The Morgan fingerprint density at radius 3 is 2.50 bits per heavy atom. The second kappa shape index (κ2) is 5.67. The summed E-state index contributed by atoms with van der Waals surface area (Å²) in [6.07, 6.45) is -0.706. The van der Waals surface area contributed by atoms with E-state index in [0.29, 0.717) is 17.7 Å². The normalized spacial score (nSPS) is 20.7. The third-order valence-corrected chi connectivity index (χ3v) is 3.66. The van der Waals surface area contributed by atoms with Crippen molar-refractivity contribution < 1.29 is 23.8 Å². The Morgan fingerprint density at radius 2 is 1.91 bits per heavy atom. The molecule has 0 aliphatic carbocycles. The van der Waals surface area contributed by atoms with Crippen molar-refractivity contribution in [2.75, 3.05) is 7.11 Å². The van der Waals surface area contributed by atoms with Gasteiger partial charge in [-0.1, -0.05) is 24.3 Å². The van der Waals surface area contributed by atoms with Crippen molar-refractivity contribution in [1.29, 1.82) is 0 Å². The van der Waals surface area contributed by atoms with Crippen LogP contribution in [-0.2, 0) is 14.3 Å². The largest absolute Gasteiger partial charge is 0.496 e. The summed E-state index contributed by atoms with van der Waals surface area (Å²) in [5, 5.41) is 1.86. The molecule has 1 heterocycles. The lowest BCUT2D eigenvalue weighted by molar-refractivity contribution is -0.147. The number of fused-ring (bicyclic) bond motifs is 1. The van der Waals surface area contributed by atoms with E-state index in [1.807, 2.05) is 24.3 Å². The fourth-order valence-corrected chi connectivity index (χ4v) is 2.56. The highest BCUT2D eigenvalue weighted by molar-refractivity contribution is 5.99. The van der Waals surface area contributed by atoms with E-state index in [1.54, 1.807) is 19.1 Å². The summed E-state index contributed by atoms with van der Waals surface area (Å²) < 4.78 is 15.5. The van der Waals surface area contributed by atoms with Gasteiger partial charge in [0.05, 0.1) is 7.11 Å². The third kappa shape index (κ3) is 2.62. The number of esters is 2. The molecule has 5 heteroatoms.